The normalized spacial score (nSPS) is 11.2. The van der Waals surface area contributed by atoms with Crippen LogP contribution >= 0.6 is 0 Å². The van der Waals surface area contributed by atoms with Crippen LogP contribution in [0.3, 0.4) is 0 Å². The number of primary amides is 1. The van der Waals surface area contributed by atoms with Gasteiger partial charge in [0.25, 0.3) is 0 Å². The smallest absolute Gasteiger partial charge is 0.385 e. The average Bonchev–Trinajstić information content (AvgIpc) is 2.16. The van der Waals surface area contributed by atoms with E-state index in [4.69, 9.17) is 5.73 Å². The molecular weight excluding hydrogens is 221 g/mol. The molecule has 1 amide bonds. The number of hydrogen-bond acceptors (Lipinski definition) is 2. The van der Waals surface area contributed by atoms with Crippen LogP contribution in [0.1, 0.15) is 12.0 Å². The van der Waals surface area contributed by atoms with Crippen molar-refractivity contribution < 1.29 is 18.0 Å². The van der Waals surface area contributed by atoms with Crippen molar-refractivity contribution in [3.8, 4) is 0 Å². The lowest BCUT2D eigenvalue weighted by atomic mass is 10.2. The molecule has 0 radical (unpaired) electrons. The zero-order valence-electron chi connectivity index (χ0n) is 8.34. The Labute approximate surface area is 90.4 Å². The molecule has 0 bridgehead atoms. The molecule has 0 aliphatic heterocycles. The van der Waals surface area contributed by atoms with E-state index in [1.165, 1.54) is 12.1 Å². The van der Waals surface area contributed by atoms with Crippen LogP contribution in [0.2, 0.25) is 0 Å². The fraction of sp³-hybridized carbons (Fsp3) is 0.300. The Morgan fingerprint density at radius 2 is 2.06 bits per heavy atom. The molecule has 6 heteroatoms. The number of nitrogens with one attached hydrogen (secondary N) is 1. The Bertz CT molecular complexity index is 377. The molecule has 0 aliphatic rings. The van der Waals surface area contributed by atoms with Crippen molar-refractivity contribution in [1.82, 2.24) is 0 Å². The zero-order chi connectivity index (χ0) is 12.2. The monoisotopic (exact) mass is 232 g/mol. The van der Waals surface area contributed by atoms with Crippen LogP contribution in [0.4, 0.5) is 18.9 Å². The van der Waals surface area contributed by atoms with Crippen LogP contribution in [-0.2, 0) is 11.0 Å². The number of halogens is 3. The van der Waals surface area contributed by atoms with Gasteiger partial charge in [-0.25, -0.2) is 0 Å². The lowest BCUT2D eigenvalue weighted by Crippen LogP contribution is -2.16. The van der Waals surface area contributed by atoms with E-state index in [1.54, 1.807) is 0 Å². The van der Waals surface area contributed by atoms with E-state index in [9.17, 15) is 18.0 Å². The number of rotatable bonds is 4. The molecule has 88 valence electrons. The van der Waals surface area contributed by atoms with Gasteiger partial charge in [0.15, 0.2) is 0 Å². The first-order chi connectivity index (χ1) is 7.39. The maximum atomic E-state index is 12.3. The van der Waals surface area contributed by atoms with Crippen molar-refractivity contribution >= 4 is 11.6 Å². The van der Waals surface area contributed by atoms with Gasteiger partial charge < -0.3 is 11.1 Å². The first kappa shape index (κ1) is 12.4. The summed E-state index contributed by atoms with van der Waals surface area (Å²) in [5, 5.41) is 2.69. The highest BCUT2D eigenvalue weighted by molar-refractivity contribution is 5.74. The minimum absolute atomic E-state index is 0.0796. The molecule has 3 N–H and O–H groups in total. The van der Waals surface area contributed by atoms with Gasteiger partial charge in [-0.05, 0) is 18.2 Å². The van der Waals surface area contributed by atoms with E-state index in [0.717, 1.165) is 12.1 Å². The predicted octanol–water partition coefficient (Wildman–Crippen LogP) is 1.99. The fourth-order valence-corrected chi connectivity index (χ4v) is 1.14. The SMILES string of the molecule is NC(=O)CCNc1cccc(C(F)(F)F)c1. The Morgan fingerprint density at radius 1 is 1.38 bits per heavy atom. The second-order valence-electron chi connectivity index (χ2n) is 3.22. The lowest BCUT2D eigenvalue weighted by Gasteiger charge is -2.09. The summed E-state index contributed by atoms with van der Waals surface area (Å²) < 4.78 is 36.9. The largest absolute Gasteiger partial charge is 0.416 e. The number of carbonyl (C=O) groups is 1. The summed E-state index contributed by atoms with van der Waals surface area (Å²) in [6, 6.07) is 4.77. The van der Waals surface area contributed by atoms with Gasteiger partial charge in [0, 0.05) is 18.7 Å². The summed E-state index contributed by atoms with van der Waals surface area (Å²) in [4.78, 5) is 10.4. The molecule has 0 aliphatic carbocycles. The number of benzene rings is 1. The van der Waals surface area contributed by atoms with Gasteiger partial charge in [-0.2, -0.15) is 13.2 Å². The van der Waals surface area contributed by atoms with Gasteiger partial charge in [0.2, 0.25) is 5.91 Å². The van der Waals surface area contributed by atoms with Gasteiger partial charge in [0.05, 0.1) is 5.56 Å². The molecule has 0 aromatic heterocycles. The number of hydrogen-bond donors (Lipinski definition) is 2. The standard InChI is InChI=1S/C10H11F3N2O/c11-10(12,13)7-2-1-3-8(6-7)15-5-4-9(14)16/h1-3,6,15H,4-5H2,(H2,14,16). The second-order valence-corrected chi connectivity index (χ2v) is 3.22. The maximum absolute atomic E-state index is 12.3. The maximum Gasteiger partial charge on any atom is 0.416 e. The van der Waals surface area contributed by atoms with Gasteiger partial charge in [-0.3, -0.25) is 4.79 Å². The summed E-state index contributed by atoms with van der Waals surface area (Å²) in [5.74, 6) is -0.500. The number of nitrogens with two attached hydrogens (primary N) is 1. The van der Waals surface area contributed by atoms with Crippen LogP contribution < -0.4 is 11.1 Å². The third-order valence-electron chi connectivity index (χ3n) is 1.89. The van der Waals surface area contributed by atoms with Crippen molar-refractivity contribution in [3.63, 3.8) is 0 Å². The number of anilines is 1. The van der Waals surface area contributed by atoms with Crippen molar-refractivity contribution in [3.05, 3.63) is 29.8 Å². The van der Waals surface area contributed by atoms with Crippen molar-refractivity contribution in [2.24, 2.45) is 5.73 Å². The molecule has 1 aromatic carbocycles. The lowest BCUT2D eigenvalue weighted by molar-refractivity contribution is -0.137. The topological polar surface area (TPSA) is 55.1 Å². The van der Waals surface area contributed by atoms with Gasteiger partial charge in [-0.1, -0.05) is 6.07 Å². The van der Waals surface area contributed by atoms with E-state index < -0.39 is 17.6 Å². The molecule has 0 atom stereocenters. The molecular formula is C10H11F3N2O. The van der Waals surface area contributed by atoms with E-state index >= 15 is 0 Å². The van der Waals surface area contributed by atoms with Gasteiger partial charge in [-0.15, -0.1) is 0 Å². The zero-order valence-corrected chi connectivity index (χ0v) is 8.34. The first-order valence-electron chi connectivity index (χ1n) is 4.59. The highest BCUT2D eigenvalue weighted by Gasteiger charge is 2.30. The minimum Gasteiger partial charge on any atom is -0.385 e. The molecule has 3 nitrogen and oxygen atoms in total. The molecule has 16 heavy (non-hydrogen) atoms. The van der Waals surface area contributed by atoms with Crippen LogP contribution in [0.25, 0.3) is 0 Å². The van der Waals surface area contributed by atoms with Crippen LogP contribution in [0.5, 0.6) is 0 Å². The third-order valence-corrected chi connectivity index (χ3v) is 1.89. The van der Waals surface area contributed by atoms with Crippen LogP contribution in [0.15, 0.2) is 24.3 Å². The van der Waals surface area contributed by atoms with Crippen molar-refractivity contribution in [2.75, 3.05) is 11.9 Å². The number of alkyl halides is 3. The predicted molar refractivity (Wildman–Crippen MR) is 53.7 cm³/mol. The average molecular weight is 232 g/mol. The van der Waals surface area contributed by atoms with Crippen molar-refractivity contribution in [1.29, 1.82) is 0 Å². The minimum atomic E-state index is -4.36. The highest BCUT2D eigenvalue weighted by Crippen LogP contribution is 2.30. The molecule has 0 spiro atoms. The van der Waals surface area contributed by atoms with E-state index in [1.807, 2.05) is 0 Å². The Morgan fingerprint density at radius 3 is 2.62 bits per heavy atom. The fourth-order valence-electron chi connectivity index (χ4n) is 1.14. The van der Waals surface area contributed by atoms with E-state index in [2.05, 4.69) is 5.32 Å². The van der Waals surface area contributed by atoms with E-state index in [-0.39, 0.29) is 13.0 Å². The highest BCUT2D eigenvalue weighted by atomic mass is 19.4. The molecule has 0 saturated carbocycles. The molecule has 0 fully saturated rings. The second kappa shape index (κ2) is 4.87. The summed E-state index contributed by atoms with van der Waals surface area (Å²) in [6.45, 7) is 0.219. The Hall–Kier alpha value is -1.72. The number of amides is 1. The van der Waals surface area contributed by atoms with Crippen LogP contribution in [-0.4, -0.2) is 12.5 Å². The Kier molecular flexibility index (Phi) is 3.76. The summed E-state index contributed by atoms with van der Waals surface area (Å²) in [7, 11) is 0. The third kappa shape index (κ3) is 3.80. The van der Waals surface area contributed by atoms with Crippen LogP contribution in [0, 0.1) is 0 Å². The summed E-state index contributed by atoms with van der Waals surface area (Å²) in [5.41, 5.74) is 4.49. The molecule has 1 aromatic rings. The van der Waals surface area contributed by atoms with E-state index in [0.29, 0.717) is 5.69 Å². The summed E-state index contributed by atoms with van der Waals surface area (Å²) >= 11 is 0. The quantitative estimate of drug-likeness (QED) is 0.834. The van der Waals surface area contributed by atoms with Gasteiger partial charge >= 0.3 is 6.18 Å². The molecule has 0 unspecified atom stereocenters. The number of carbonyl (C=O) groups excluding carboxylic acids is 1. The summed E-state index contributed by atoms with van der Waals surface area (Å²) in [6.07, 6.45) is -4.28. The Balaban J connectivity index is 2.64. The first-order valence-corrected chi connectivity index (χ1v) is 4.59. The van der Waals surface area contributed by atoms with Crippen molar-refractivity contribution in [2.45, 2.75) is 12.6 Å². The van der Waals surface area contributed by atoms with Gasteiger partial charge in [0.1, 0.15) is 0 Å². The molecule has 0 saturated heterocycles. The molecule has 1 rings (SSSR count). The molecule has 0 heterocycles.